The molecule has 0 saturated heterocycles. The Labute approximate surface area is 188 Å². The molecule has 1 amide bonds. The molecule has 31 heavy (non-hydrogen) atoms. The van der Waals surface area contributed by atoms with Crippen molar-refractivity contribution in [3.8, 4) is 0 Å². The van der Waals surface area contributed by atoms with Crippen LogP contribution in [0.25, 0.3) is 0 Å². The van der Waals surface area contributed by atoms with E-state index in [9.17, 15) is 4.79 Å². The molecule has 3 aromatic rings. The molecule has 4 rings (SSSR count). The van der Waals surface area contributed by atoms with E-state index < -0.39 is 0 Å². The van der Waals surface area contributed by atoms with Crippen molar-refractivity contribution in [3.63, 3.8) is 0 Å². The summed E-state index contributed by atoms with van der Waals surface area (Å²) in [7, 11) is 0. The van der Waals surface area contributed by atoms with Gasteiger partial charge in [-0.3, -0.25) is 4.79 Å². The Kier molecular flexibility index (Phi) is 7.41. The number of carbonyl (C=O) groups excluding carboxylic acids is 1. The average molecular weight is 435 g/mol. The summed E-state index contributed by atoms with van der Waals surface area (Å²) in [6.07, 6.45) is 8.73. The van der Waals surface area contributed by atoms with Crippen LogP contribution in [0.2, 0.25) is 0 Å². The smallest absolute Gasteiger partial charge is 0.232 e. The molecular weight excluding hydrogens is 404 g/mol. The number of aryl methyl sites for hydroxylation is 1. The van der Waals surface area contributed by atoms with E-state index in [2.05, 4.69) is 26.3 Å². The maximum absolute atomic E-state index is 13.1. The predicted molar refractivity (Wildman–Crippen MR) is 125 cm³/mol. The highest BCUT2D eigenvalue weighted by Gasteiger charge is 2.24. The van der Waals surface area contributed by atoms with Gasteiger partial charge in [-0.2, -0.15) is 0 Å². The monoisotopic (exact) mass is 434 g/mol. The minimum Gasteiger partial charge on any atom is -0.355 e. The van der Waals surface area contributed by atoms with Crippen molar-refractivity contribution in [2.24, 2.45) is 0 Å². The second-order valence-corrected chi connectivity index (χ2v) is 8.83. The van der Waals surface area contributed by atoms with Crippen molar-refractivity contribution in [1.82, 2.24) is 20.1 Å². The molecule has 0 unspecified atom stereocenters. The van der Waals surface area contributed by atoms with Gasteiger partial charge in [0.15, 0.2) is 5.16 Å². The Balaban J connectivity index is 1.39. The predicted octanol–water partition coefficient (Wildman–Crippen LogP) is 5.00. The van der Waals surface area contributed by atoms with Gasteiger partial charge in [0.25, 0.3) is 0 Å². The normalized spacial score (nSPS) is 14.3. The van der Waals surface area contributed by atoms with Gasteiger partial charge in [-0.15, -0.1) is 10.2 Å². The van der Waals surface area contributed by atoms with Crippen LogP contribution in [0.4, 0.5) is 0 Å². The third kappa shape index (κ3) is 5.18. The summed E-state index contributed by atoms with van der Waals surface area (Å²) in [5, 5.41) is 13.0. The van der Waals surface area contributed by atoms with E-state index >= 15 is 0 Å². The highest BCUT2D eigenvalue weighted by molar-refractivity contribution is 7.98. The standard InChI is InChI=1S/C25H30N4OS/c1-31-25-28-27-22(29(25)21-15-8-9-16-21)17-10-18-26-24(30)23(19-11-4-2-5-12-19)20-13-6-3-7-14-20/h2-7,11-14,21,23H,8-10,15-18H2,1H3,(H,26,30). The second-order valence-electron chi connectivity index (χ2n) is 8.06. The molecular formula is C25H30N4OS. The van der Waals surface area contributed by atoms with Gasteiger partial charge in [0, 0.05) is 19.0 Å². The number of carbonyl (C=O) groups is 1. The fourth-order valence-corrected chi connectivity index (χ4v) is 5.07. The molecule has 1 saturated carbocycles. The number of amides is 1. The molecule has 1 aliphatic rings. The summed E-state index contributed by atoms with van der Waals surface area (Å²) in [4.78, 5) is 13.1. The number of nitrogens with one attached hydrogen (secondary N) is 1. The minimum absolute atomic E-state index is 0.0412. The van der Waals surface area contributed by atoms with E-state index in [0.29, 0.717) is 12.6 Å². The zero-order valence-electron chi connectivity index (χ0n) is 18.0. The van der Waals surface area contributed by atoms with Crippen LogP contribution in [0.15, 0.2) is 65.8 Å². The fraction of sp³-hybridized carbons (Fsp3) is 0.400. The van der Waals surface area contributed by atoms with Crippen molar-refractivity contribution in [3.05, 3.63) is 77.6 Å². The lowest BCUT2D eigenvalue weighted by atomic mass is 9.90. The molecule has 1 heterocycles. The van der Waals surface area contributed by atoms with Crippen molar-refractivity contribution in [2.75, 3.05) is 12.8 Å². The van der Waals surface area contributed by atoms with E-state index in [0.717, 1.165) is 34.9 Å². The van der Waals surface area contributed by atoms with Gasteiger partial charge in [0.05, 0.1) is 5.92 Å². The zero-order valence-corrected chi connectivity index (χ0v) is 18.9. The number of thioether (sulfide) groups is 1. The van der Waals surface area contributed by atoms with Gasteiger partial charge in [0.2, 0.25) is 5.91 Å². The highest BCUT2D eigenvalue weighted by Crippen LogP contribution is 2.33. The van der Waals surface area contributed by atoms with Gasteiger partial charge in [0.1, 0.15) is 5.82 Å². The summed E-state index contributed by atoms with van der Waals surface area (Å²) < 4.78 is 2.34. The fourth-order valence-electron chi connectivity index (χ4n) is 4.49. The zero-order chi connectivity index (χ0) is 21.5. The Morgan fingerprint density at radius 3 is 2.23 bits per heavy atom. The lowest BCUT2D eigenvalue weighted by Crippen LogP contribution is -2.31. The Bertz CT molecular complexity index is 928. The number of aromatic nitrogens is 3. The average Bonchev–Trinajstić information content (AvgIpc) is 3.48. The van der Waals surface area contributed by atoms with E-state index in [1.54, 1.807) is 11.8 Å². The summed E-state index contributed by atoms with van der Waals surface area (Å²) in [6, 6.07) is 20.5. The lowest BCUT2D eigenvalue weighted by Gasteiger charge is -2.18. The Morgan fingerprint density at radius 2 is 1.65 bits per heavy atom. The number of benzene rings is 2. The summed E-state index contributed by atoms with van der Waals surface area (Å²) in [6.45, 7) is 0.626. The summed E-state index contributed by atoms with van der Waals surface area (Å²) in [5.74, 6) is 0.792. The van der Waals surface area contributed by atoms with Gasteiger partial charge < -0.3 is 9.88 Å². The third-order valence-corrected chi connectivity index (χ3v) is 6.66. The topological polar surface area (TPSA) is 59.8 Å². The molecule has 0 bridgehead atoms. The lowest BCUT2D eigenvalue weighted by molar-refractivity contribution is -0.121. The van der Waals surface area contributed by atoms with Crippen LogP contribution in [0, 0.1) is 0 Å². The molecule has 162 valence electrons. The maximum Gasteiger partial charge on any atom is 0.232 e. The first kappa shape index (κ1) is 21.6. The first-order chi connectivity index (χ1) is 15.3. The number of hydrogen-bond donors (Lipinski definition) is 1. The molecule has 1 aliphatic carbocycles. The molecule has 0 spiro atoms. The third-order valence-electron chi connectivity index (χ3n) is 6.01. The molecule has 0 atom stereocenters. The Morgan fingerprint density at radius 1 is 1.03 bits per heavy atom. The van der Waals surface area contributed by atoms with Crippen LogP contribution in [0.1, 0.15) is 61.0 Å². The number of rotatable bonds is 9. The molecule has 1 fully saturated rings. The van der Waals surface area contributed by atoms with Crippen LogP contribution < -0.4 is 5.32 Å². The maximum atomic E-state index is 13.1. The van der Waals surface area contributed by atoms with Gasteiger partial charge >= 0.3 is 0 Å². The number of nitrogens with zero attached hydrogens (tertiary/aromatic N) is 3. The van der Waals surface area contributed by atoms with E-state index in [4.69, 9.17) is 0 Å². The first-order valence-corrected chi connectivity index (χ1v) is 12.4. The summed E-state index contributed by atoms with van der Waals surface area (Å²) >= 11 is 1.67. The van der Waals surface area contributed by atoms with Crippen LogP contribution >= 0.6 is 11.8 Å². The SMILES string of the molecule is CSc1nnc(CCCNC(=O)C(c2ccccc2)c2ccccc2)n1C1CCCC1. The second kappa shape index (κ2) is 10.6. The molecule has 1 N–H and O–H groups in total. The largest absolute Gasteiger partial charge is 0.355 e. The van der Waals surface area contributed by atoms with E-state index in [1.807, 2.05) is 60.7 Å². The van der Waals surface area contributed by atoms with Crippen molar-refractivity contribution in [2.45, 2.75) is 55.6 Å². The van der Waals surface area contributed by atoms with Gasteiger partial charge in [-0.1, -0.05) is 85.3 Å². The molecule has 1 aromatic heterocycles. The van der Waals surface area contributed by atoms with Crippen molar-refractivity contribution < 1.29 is 4.79 Å². The van der Waals surface area contributed by atoms with Crippen LogP contribution in [0.3, 0.4) is 0 Å². The van der Waals surface area contributed by atoms with Crippen LogP contribution in [-0.2, 0) is 11.2 Å². The highest BCUT2D eigenvalue weighted by atomic mass is 32.2. The van der Waals surface area contributed by atoms with Crippen molar-refractivity contribution >= 4 is 17.7 Å². The number of hydrogen-bond acceptors (Lipinski definition) is 4. The van der Waals surface area contributed by atoms with E-state index in [-0.39, 0.29) is 11.8 Å². The quantitative estimate of drug-likeness (QED) is 0.380. The van der Waals surface area contributed by atoms with Crippen molar-refractivity contribution in [1.29, 1.82) is 0 Å². The first-order valence-electron chi connectivity index (χ1n) is 11.1. The molecule has 6 heteroatoms. The molecule has 5 nitrogen and oxygen atoms in total. The van der Waals surface area contributed by atoms with E-state index in [1.165, 1.54) is 25.7 Å². The summed E-state index contributed by atoms with van der Waals surface area (Å²) in [5.41, 5.74) is 2.02. The Hall–Kier alpha value is -2.60. The minimum atomic E-state index is -0.298. The molecule has 0 aliphatic heterocycles. The molecule has 2 aromatic carbocycles. The van der Waals surface area contributed by atoms with Gasteiger partial charge in [-0.05, 0) is 36.6 Å². The van der Waals surface area contributed by atoms with Crippen LogP contribution in [0.5, 0.6) is 0 Å². The van der Waals surface area contributed by atoms with Gasteiger partial charge in [-0.25, -0.2) is 0 Å². The molecule has 0 radical (unpaired) electrons. The van der Waals surface area contributed by atoms with Crippen LogP contribution in [-0.4, -0.2) is 33.5 Å².